The molecule has 3 rings (SSSR count). The highest BCUT2D eigenvalue weighted by molar-refractivity contribution is 5.36. The SMILES string of the molecule is Cc1cc(C)n(C[C@@H](C)NCc2cnc3cnccn23)n1. The van der Waals surface area contributed by atoms with Gasteiger partial charge in [-0.05, 0) is 26.8 Å². The molecule has 3 heterocycles. The number of rotatable bonds is 5. The third-order valence-corrected chi connectivity index (χ3v) is 3.58. The van der Waals surface area contributed by atoms with Gasteiger partial charge in [0.1, 0.15) is 0 Å². The van der Waals surface area contributed by atoms with E-state index in [1.54, 1.807) is 12.4 Å². The van der Waals surface area contributed by atoms with Crippen LogP contribution in [0.4, 0.5) is 0 Å². The average Bonchev–Trinajstić information content (AvgIpc) is 3.00. The van der Waals surface area contributed by atoms with E-state index in [-0.39, 0.29) is 0 Å². The minimum absolute atomic E-state index is 0.329. The molecule has 3 aromatic heterocycles. The second kappa shape index (κ2) is 5.65. The van der Waals surface area contributed by atoms with E-state index in [9.17, 15) is 0 Å². The monoisotopic (exact) mass is 284 g/mol. The smallest absolute Gasteiger partial charge is 0.155 e. The number of fused-ring (bicyclic) bond motifs is 1. The average molecular weight is 284 g/mol. The van der Waals surface area contributed by atoms with Gasteiger partial charge >= 0.3 is 0 Å². The van der Waals surface area contributed by atoms with Crippen molar-refractivity contribution in [3.8, 4) is 0 Å². The van der Waals surface area contributed by atoms with Crippen molar-refractivity contribution in [2.24, 2.45) is 0 Å². The number of hydrogen-bond donors (Lipinski definition) is 1. The number of nitrogens with zero attached hydrogens (tertiary/aromatic N) is 5. The second-order valence-electron chi connectivity index (χ2n) is 5.45. The summed E-state index contributed by atoms with van der Waals surface area (Å²) < 4.78 is 4.10. The molecule has 0 fully saturated rings. The third-order valence-electron chi connectivity index (χ3n) is 3.58. The van der Waals surface area contributed by atoms with Crippen molar-refractivity contribution in [2.75, 3.05) is 0 Å². The lowest BCUT2D eigenvalue weighted by Gasteiger charge is -2.14. The van der Waals surface area contributed by atoms with Gasteiger partial charge in [0.15, 0.2) is 5.65 Å². The summed E-state index contributed by atoms with van der Waals surface area (Å²) in [6, 6.07) is 2.43. The molecule has 1 atom stereocenters. The molecular weight excluding hydrogens is 264 g/mol. The van der Waals surface area contributed by atoms with Gasteiger partial charge in [-0.1, -0.05) is 0 Å². The first-order chi connectivity index (χ1) is 10.1. The van der Waals surface area contributed by atoms with Crippen molar-refractivity contribution in [3.05, 3.63) is 47.9 Å². The fourth-order valence-corrected chi connectivity index (χ4v) is 2.49. The van der Waals surface area contributed by atoms with Crippen LogP contribution in [0.1, 0.15) is 24.0 Å². The molecule has 110 valence electrons. The highest BCUT2D eigenvalue weighted by Gasteiger charge is 2.08. The van der Waals surface area contributed by atoms with Crippen LogP contribution in [0, 0.1) is 13.8 Å². The van der Waals surface area contributed by atoms with Gasteiger partial charge in [-0.2, -0.15) is 5.10 Å². The molecule has 0 aromatic carbocycles. The van der Waals surface area contributed by atoms with Crippen molar-refractivity contribution in [1.29, 1.82) is 0 Å². The summed E-state index contributed by atoms with van der Waals surface area (Å²) in [4.78, 5) is 8.41. The van der Waals surface area contributed by atoms with Crippen LogP contribution >= 0.6 is 0 Å². The molecule has 0 bridgehead atoms. The molecule has 6 heteroatoms. The number of hydrogen-bond acceptors (Lipinski definition) is 4. The molecule has 0 radical (unpaired) electrons. The molecule has 1 N–H and O–H groups in total. The topological polar surface area (TPSA) is 60.0 Å². The first-order valence-corrected chi connectivity index (χ1v) is 7.14. The Kier molecular flexibility index (Phi) is 3.70. The van der Waals surface area contributed by atoms with E-state index >= 15 is 0 Å². The first-order valence-electron chi connectivity index (χ1n) is 7.14. The normalized spacial score (nSPS) is 12.9. The molecule has 0 aliphatic rings. The van der Waals surface area contributed by atoms with Gasteiger partial charge in [0, 0.05) is 30.7 Å². The predicted octanol–water partition coefficient (Wildman–Crippen LogP) is 1.72. The van der Waals surface area contributed by atoms with E-state index in [1.165, 1.54) is 5.69 Å². The Morgan fingerprint density at radius 1 is 1.29 bits per heavy atom. The fraction of sp³-hybridized carbons (Fsp3) is 0.400. The summed E-state index contributed by atoms with van der Waals surface area (Å²) in [5.41, 5.74) is 4.27. The van der Waals surface area contributed by atoms with Gasteiger partial charge in [-0.25, -0.2) is 4.98 Å². The van der Waals surface area contributed by atoms with E-state index in [4.69, 9.17) is 0 Å². The van der Waals surface area contributed by atoms with Crippen LogP contribution in [0.3, 0.4) is 0 Å². The summed E-state index contributed by atoms with van der Waals surface area (Å²) in [5, 5.41) is 8.02. The van der Waals surface area contributed by atoms with Gasteiger partial charge in [-0.3, -0.25) is 14.1 Å². The van der Waals surface area contributed by atoms with Crippen molar-refractivity contribution >= 4 is 5.65 Å². The van der Waals surface area contributed by atoms with E-state index in [0.717, 1.165) is 30.1 Å². The maximum Gasteiger partial charge on any atom is 0.155 e. The molecule has 0 saturated heterocycles. The minimum Gasteiger partial charge on any atom is -0.307 e. The molecule has 6 nitrogen and oxygen atoms in total. The molecule has 0 spiro atoms. The Hall–Kier alpha value is -2.21. The summed E-state index contributed by atoms with van der Waals surface area (Å²) >= 11 is 0. The van der Waals surface area contributed by atoms with Crippen molar-refractivity contribution < 1.29 is 0 Å². The van der Waals surface area contributed by atoms with Crippen molar-refractivity contribution in [1.82, 2.24) is 29.5 Å². The fourth-order valence-electron chi connectivity index (χ4n) is 2.49. The molecule has 3 aromatic rings. The lowest BCUT2D eigenvalue weighted by Crippen LogP contribution is -2.31. The lowest BCUT2D eigenvalue weighted by atomic mass is 10.3. The van der Waals surface area contributed by atoms with Crippen LogP contribution in [0.25, 0.3) is 5.65 Å². The van der Waals surface area contributed by atoms with Gasteiger partial charge in [0.05, 0.1) is 30.3 Å². The molecule has 0 aliphatic carbocycles. The molecule has 0 aliphatic heterocycles. The molecule has 21 heavy (non-hydrogen) atoms. The minimum atomic E-state index is 0.329. The second-order valence-corrected chi connectivity index (χ2v) is 5.45. The predicted molar refractivity (Wildman–Crippen MR) is 81.0 cm³/mol. The quantitative estimate of drug-likeness (QED) is 0.775. The number of aryl methyl sites for hydroxylation is 2. The largest absolute Gasteiger partial charge is 0.307 e. The van der Waals surface area contributed by atoms with Crippen molar-refractivity contribution in [2.45, 2.75) is 39.9 Å². The van der Waals surface area contributed by atoms with E-state index < -0.39 is 0 Å². The summed E-state index contributed by atoms with van der Waals surface area (Å²) in [6.45, 7) is 7.91. The zero-order valence-electron chi connectivity index (χ0n) is 12.6. The maximum absolute atomic E-state index is 4.50. The summed E-state index contributed by atoms with van der Waals surface area (Å²) in [6.07, 6.45) is 7.37. The lowest BCUT2D eigenvalue weighted by molar-refractivity contribution is 0.441. The zero-order chi connectivity index (χ0) is 14.8. The molecular formula is C15H20N6. The summed E-state index contributed by atoms with van der Waals surface area (Å²) in [5.74, 6) is 0. The number of aromatic nitrogens is 5. The van der Waals surface area contributed by atoms with E-state index in [1.807, 2.05) is 24.0 Å². The maximum atomic E-state index is 4.50. The van der Waals surface area contributed by atoms with Crippen LogP contribution < -0.4 is 5.32 Å². The molecule has 0 amide bonds. The number of nitrogens with one attached hydrogen (secondary N) is 1. The van der Waals surface area contributed by atoms with E-state index in [2.05, 4.69) is 44.7 Å². The Morgan fingerprint density at radius 2 is 2.14 bits per heavy atom. The third kappa shape index (κ3) is 2.95. The van der Waals surface area contributed by atoms with Gasteiger partial charge < -0.3 is 5.32 Å². The van der Waals surface area contributed by atoms with Crippen LogP contribution in [0.2, 0.25) is 0 Å². The Bertz CT molecular complexity index is 742. The zero-order valence-corrected chi connectivity index (χ0v) is 12.6. The van der Waals surface area contributed by atoms with Gasteiger partial charge in [0.25, 0.3) is 0 Å². The van der Waals surface area contributed by atoms with Crippen LogP contribution in [-0.4, -0.2) is 30.2 Å². The van der Waals surface area contributed by atoms with Crippen molar-refractivity contribution in [3.63, 3.8) is 0 Å². The van der Waals surface area contributed by atoms with Crippen LogP contribution in [-0.2, 0) is 13.1 Å². The molecule has 0 saturated carbocycles. The summed E-state index contributed by atoms with van der Waals surface area (Å²) in [7, 11) is 0. The van der Waals surface area contributed by atoms with Gasteiger partial charge in [-0.15, -0.1) is 0 Å². The Balaban J connectivity index is 1.63. The highest BCUT2D eigenvalue weighted by Crippen LogP contribution is 2.06. The molecule has 0 unspecified atom stereocenters. The van der Waals surface area contributed by atoms with Crippen LogP contribution in [0.5, 0.6) is 0 Å². The van der Waals surface area contributed by atoms with Crippen LogP contribution in [0.15, 0.2) is 30.9 Å². The standard InChI is InChI=1S/C15H20N6/c1-11-6-13(3)21(19-11)10-12(2)17-7-14-8-18-15-9-16-4-5-20(14)15/h4-6,8-9,12,17H,7,10H2,1-3H3/t12-/m1/s1. The Labute approximate surface area is 123 Å². The highest BCUT2D eigenvalue weighted by atomic mass is 15.3. The first kappa shape index (κ1) is 13.8. The number of imidazole rings is 1. The van der Waals surface area contributed by atoms with Gasteiger partial charge in [0.2, 0.25) is 0 Å². The Morgan fingerprint density at radius 3 is 2.90 bits per heavy atom. The van der Waals surface area contributed by atoms with E-state index in [0.29, 0.717) is 6.04 Å².